The summed E-state index contributed by atoms with van der Waals surface area (Å²) in [5.74, 6) is -3.08. The van der Waals surface area contributed by atoms with Crippen LogP contribution in [0.15, 0.2) is 81.6 Å². The van der Waals surface area contributed by atoms with E-state index in [9.17, 15) is 36.6 Å². The molecule has 0 heterocycles. The Morgan fingerprint density at radius 2 is 0.971 bits per heavy atom. The first kappa shape index (κ1) is 27.2. The second-order valence-electron chi connectivity index (χ2n) is 7.65. The van der Waals surface area contributed by atoms with Gasteiger partial charge in [-0.25, -0.2) is 35.9 Å². The van der Waals surface area contributed by atoms with Gasteiger partial charge in [-0.05, 0) is 51.0 Å². The zero-order valence-electron chi connectivity index (χ0n) is 18.5. The van der Waals surface area contributed by atoms with Gasteiger partial charge < -0.3 is 10.2 Å². The van der Waals surface area contributed by atoms with Crippen LogP contribution < -0.4 is 9.44 Å². The van der Waals surface area contributed by atoms with E-state index in [1.54, 1.807) is 12.1 Å². The molecule has 2 rings (SSSR count). The van der Waals surface area contributed by atoms with Crippen LogP contribution in [-0.4, -0.2) is 51.1 Å². The zero-order chi connectivity index (χ0) is 25.5. The highest BCUT2D eigenvalue weighted by Crippen LogP contribution is 2.20. The van der Waals surface area contributed by atoms with Crippen LogP contribution in [0.2, 0.25) is 0 Å². The van der Waals surface area contributed by atoms with Crippen LogP contribution in [0, 0.1) is 0 Å². The molecule has 2 aromatic rings. The van der Waals surface area contributed by atoms with E-state index in [1.807, 2.05) is 0 Å². The summed E-state index contributed by atoms with van der Waals surface area (Å²) < 4.78 is 54.7. The molecule has 10 nitrogen and oxygen atoms in total. The van der Waals surface area contributed by atoms with Gasteiger partial charge in [-0.2, -0.15) is 0 Å². The number of benzene rings is 2. The molecule has 0 saturated carbocycles. The summed E-state index contributed by atoms with van der Waals surface area (Å²) in [5.41, 5.74) is -1.05. The highest BCUT2D eigenvalue weighted by atomic mass is 32.2. The maximum atomic E-state index is 12.5. The first-order valence-electron chi connectivity index (χ1n) is 10.2. The zero-order valence-corrected chi connectivity index (χ0v) is 20.1. The Morgan fingerprint density at radius 3 is 1.24 bits per heavy atom. The SMILES string of the molecule is C[C@@H](CC(C(=O)O)=C(C[C@H](C)NS(=O)(=O)c1ccccc1)C(=O)O)NS(=O)(=O)c1ccccc1. The maximum absolute atomic E-state index is 12.5. The summed E-state index contributed by atoms with van der Waals surface area (Å²) >= 11 is 0. The van der Waals surface area contributed by atoms with Gasteiger partial charge in [0.2, 0.25) is 20.0 Å². The third kappa shape index (κ3) is 7.48. The fourth-order valence-corrected chi connectivity index (χ4v) is 5.77. The van der Waals surface area contributed by atoms with Gasteiger partial charge in [0.1, 0.15) is 0 Å². The van der Waals surface area contributed by atoms with E-state index in [0.29, 0.717) is 0 Å². The van der Waals surface area contributed by atoms with Crippen LogP contribution in [0.25, 0.3) is 0 Å². The topological polar surface area (TPSA) is 167 Å². The van der Waals surface area contributed by atoms with Crippen molar-refractivity contribution >= 4 is 32.0 Å². The Morgan fingerprint density at radius 1 is 0.676 bits per heavy atom. The Bertz CT molecular complexity index is 1160. The number of hydrogen-bond donors (Lipinski definition) is 4. The first-order valence-corrected chi connectivity index (χ1v) is 13.1. The van der Waals surface area contributed by atoms with Gasteiger partial charge in [0, 0.05) is 23.2 Å². The smallest absolute Gasteiger partial charge is 0.332 e. The number of sulfonamides is 2. The quantitative estimate of drug-likeness (QED) is 0.314. The molecule has 4 N–H and O–H groups in total. The molecule has 0 radical (unpaired) electrons. The molecule has 0 aliphatic carbocycles. The molecule has 184 valence electrons. The lowest BCUT2D eigenvalue weighted by molar-refractivity contribution is -0.136. The molecule has 2 aromatic carbocycles. The maximum Gasteiger partial charge on any atom is 0.332 e. The van der Waals surface area contributed by atoms with E-state index in [4.69, 9.17) is 0 Å². The van der Waals surface area contributed by atoms with Crippen molar-refractivity contribution < 1.29 is 36.6 Å². The molecule has 0 aliphatic rings. The Labute approximate surface area is 198 Å². The van der Waals surface area contributed by atoms with Crippen molar-refractivity contribution in [1.29, 1.82) is 0 Å². The van der Waals surface area contributed by atoms with Gasteiger partial charge >= 0.3 is 11.9 Å². The molecule has 0 amide bonds. The van der Waals surface area contributed by atoms with Crippen LogP contribution in [0.5, 0.6) is 0 Å². The minimum Gasteiger partial charge on any atom is -0.478 e. The van der Waals surface area contributed by atoms with Gasteiger partial charge in [-0.3, -0.25) is 0 Å². The number of hydrogen-bond acceptors (Lipinski definition) is 6. The Hall–Kier alpha value is -3.06. The molecule has 34 heavy (non-hydrogen) atoms. The van der Waals surface area contributed by atoms with Gasteiger partial charge in [0.15, 0.2) is 0 Å². The van der Waals surface area contributed by atoms with E-state index in [2.05, 4.69) is 9.44 Å². The second-order valence-corrected chi connectivity index (χ2v) is 11.1. The minimum absolute atomic E-state index is 0.0231. The lowest BCUT2D eigenvalue weighted by atomic mass is 9.97. The van der Waals surface area contributed by atoms with Crippen molar-refractivity contribution in [2.45, 2.75) is 48.6 Å². The molecular weight excluding hydrogens is 484 g/mol. The van der Waals surface area contributed by atoms with Gasteiger partial charge in [0.05, 0.1) is 9.79 Å². The monoisotopic (exact) mass is 510 g/mol. The largest absolute Gasteiger partial charge is 0.478 e. The molecule has 2 atom stereocenters. The van der Waals surface area contributed by atoms with E-state index < -0.39 is 68.1 Å². The first-order chi connectivity index (χ1) is 15.8. The Balaban J connectivity index is 2.24. The third-order valence-corrected chi connectivity index (χ3v) is 7.93. The van der Waals surface area contributed by atoms with E-state index in [0.717, 1.165) is 0 Å². The summed E-state index contributed by atoms with van der Waals surface area (Å²) in [6.45, 7) is 2.81. The fraction of sp³-hybridized carbons (Fsp3) is 0.273. The standard InChI is InChI=1S/C22H26N2O8S2/c1-15(23-33(29,30)17-9-5-3-6-10-17)13-19(21(25)26)20(22(27)28)14-16(2)24-34(31,32)18-11-7-4-8-12-18/h3-12,15-16,23-24H,13-14H2,1-2H3,(H,25,26)(H,27,28)/t15-,16-/m0/s1. The average molecular weight is 511 g/mol. The number of carbonyl (C=O) groups is 2. The van der Waals surface area contributed by atoms with Crippen molar-refractivity contribution in [2.24, 2.45) is 0 Å². The second kappa shape index (κ2) is 11.4. The molecule has 0 aromatic heterocycles. The predicted octanol–water partition coefficient (Wildman–Crippen LogP) is 1.97. The van der Waals surface area contributed by atoms with Gasteiger partial charge in [0.25, 0.3) is 0 Å². The number of rotatable bonds is 12. The van der Waals surface area contributed by atoms with Crippen molar-refractivity contribution in [3.63, 3.8) is 0 Å². The number of carboxylic acid groups (broad SMARTS) is 2. The molecule has 0 bridgehead atoms. The van der Waals surface area contributed by atoms with Crippen LogP contribution >= 0.6 is 0 Å². The van der Waals surface area contributed by atoms with E-state index >= 15 is 0 Å². The van der Waals surface area contributed by atoms with Crippen molar-refractivity contribution in [3.05, 3.63) is 71.8 Å². The van der Waals surface area contributed by atoms with Crippen LogP contribution in [0.1, 0.15) is 26.7 Å². The summed E-state index contributed by atoms with van der Waals surface area (Å²) in [4.78, 5) is 23.7. The molecule has 0 aliphatic heterocycles. The molecular formula is C22H26N2O8S2. The van der Waals surface area contributed by atoms with E-state index in [1.165, 1.54) is 62.4 Å². The summed E-state index contributed by atoms with van der Waals surface area (Å²) in [7, 11) is -7.92. The summed E-state index contributed by atoms with van der Waals surface area (Å²) in [6, 6.07) is 13.0. The fourth-order valence-electron chi connectivity index (χ4n) is 3.24. The normalized spacial score (nSPS) is 14.6. The van der Waals surface area contributed by atoms with Crippen molar-refractivity contribution in [2.75, 3.05) is 0 Å². The molecule has 12 heteroatoms. The highest BCUT2D eigenvalue weighted by Gasteiger charge is 2.27. The lowest BCUT2D eigenvalue weighted by Gasteiger charge is -2.19. The number of aliphatic carboxylic acids is 2. The van der Waals surface area contributed by atoms with Crippen molar-refractivity contribution in [1.82, 2.24) is 9.44 Å². The number of carboxylic acids is 2. The van der Waals surface area contributed by atoms with Crippen molar-refractivity contribution in [3.8, 4) is 0 Å². The third-order valence-electron chi connectivity index (χ3n) is 4.72. The van der Waals surface area contributed by atoms with Crippen LogP contribution in [0.4, 0.5) is 0 Å². The summed E-state index contributed by atoms with van der Waals surface area (Å²) in [5, 5.41) is 19.3. The molecule has 0 unspecified atom stereocenters. The lowest BCUT2D eigenvalue weighted by Crippen LogP contribution is -2.35. The number of nitrogens with one attached hydrogen (secondary N) is 2. The molecule has 0 fully saturated rings. The van der Waals surface area contributed by atoms with Crippen LogP contribution in [0.3, 0.4) is 0 Å². The Kier molecular flexibility index (Phi) is 9.10. The molecule has 0 spiro atoms. The minimum atomic E-state index is -3.96. The molecule has 0 saturated heterocycles. The van der Waals surface area contributed by atoms with Gasteiger partial charge in [-0.15, -0.1) is 0 Å². The highest BCUT2D eigenvalue weighted by molar-refractivity contribution is 7.89. The summed E-state index contributed by atoms with van der Waals surface area (Å²) in [6.07, 6.45) is -0.859. The average Bonchev–Trinajstić information content (AvgIpc) is 2.76. The van der Waals surface area contributed by atoms with Crippen LogP contribution in [-0.2, 0) is 29.6 Å². The van der Waals surface area contributed by atoms with E-state index in [-0.39, 0.29) is 9.79 Å². The predicted molar refractivity (Wildman–Crippen MR) is 124 cm³/mol. The van der Waals surface area contributed by atoms with Gasteiger partial charge in [-0.1, -0.05) is 36.4 Å².